The molecule has 1 fully saturated rings. The lowest BCUT2D eigenvalue weighted by Gasteiger charge is -2.32. The van der Waals surface area contributed by atoms with Crippen LogP contribution in [0, 0.1) is 5.92 Å². The molecule has 0 saturated heterocycles. The molecule has 0 bridgehead atoms. The van der Waals surface area contributed by atoms with Crippen LogP contribution < -0.4 is 0 Å². The maximum absolute atomic E-state index is 6.23. The van der Waals surface area contributed by atoms with E-state index in [2.05, 4.69) is 22.7 Å². The number of hydrogen-bond donors (Lipinski definition) is 0. The third-order valence-electron chi connectivity index (χ3n) is 3.29. The molecule has 3 atom stereocenters. The lowest BCUT2D eigenvalue weighted by Crippen LogP contribution is -2.23. The third-order valence-corrected chi connectivity index (χ3v) is 4.26. The Kier molecular flexibility index (Phi) is 3.45. The number of alkyl halides is 1. The van der Waals surface area contributed by atoms with Crippen molar-refractivity contribution in [3.63, 3.8) is 0 Å². The van der Waals surface area contributed by atoms with Gasteiger partial charge in [0.15, 0.2) is 0 Å². The quantitative estimate of drug-likeness (QED) is 0.698. The highest BCUT2D eigenvalue weighted by Gasteiger charge is 2.30. The Morgan fingerprint density at radius 2 is 2.43 bits per heavy atom. The van der Waals surface area contributed by atoms with Gasteiger partial charge >= 0.3 is 0 Å². The first kappa shape index (κ1) is 10.4. The maximum Gasteiger partial charge on any atom is 0.0576 e. The van der Waals surface area contributed by atoms with E-state index in [9.17, 15) is 0 Å². The molecule has 1 aromatic rings. The minimum absolute atomic E-state index is 0.365. The standard InChI is InChI=1S/C11H16ClNS/c1-2-8-3-4-9(12)7-10(8)11-5-6-14-13-11/h5-6,8-10H,2-4,7H2,1H3. The van der Waals surface area contributed by atoms with Crippen LogP contribution in [0.4, 0.5) is 0 Å². The normalized spacial score (nSPS) is 33.1. The number of aromatic nitrogens is 1. The molecule has 78 valence electrons. The van der Waals surface area contributed by atoms with Gasteiger partial charge in [-0.1, -0.05) is 13.3 Å². The summed E-state index contributed by atoms with van der Waals surface area (Å²) in [5.41, 5.74) is 1.27. The SMILES string of the molecule is CCC1CCC(Cl)CC1c1ccsn1. The van der Waals surface area contributed by atoms with Gasteiger partial charge < -0.3 is 0 Å². The average molecular weight is 230 g/mol. The lowest BCUT2D eigenvalue weighted by molar-refractivity contribution is 0.300. The molecule has 1 nitrogen and oxygen atoms in total. The van der Waals surface area contributed by atoms with Gasteiger partial charge in [-0.2, -0.15) is 4.37 Å². The van der Waals surface area contributed by atoms with E-state index in [1.165, 1.54) is 25.0 Å². The van der Waals surface area contributed by atoms with Gasteiger partial charge in [0.25, 0.3) is 0 Å². The number of nitrogens with zero attached hydrogens (tertiary/aromatic N) is 1. The second kappa shape index (κ2) is 4.63. The van der Waals surface area contributed by atoms with Gasteiger partial charge in [-0.3, -0.25) is 0 Å². The Balaban J connectivity index is 2.13. The van der Waals surface area contributed by atoms with Gasteiger partial charge in [0, 0.05) is 16.7 Å². The fraction of sp³-hybridized carbons (Fsp3) is 0.727. The van der Waals surface area contributed by atoms with Gasteiger partial charge in [-0.05, 0) is 42.8 Å². The second-order valence-corrected chi connectivity index (χ2v) is 5.39. The molecule has 0 N–H and O–H groups in total. The molecule has 2 rings (SSSR count). The topological polar surface area (TPSA) is 12.9 Å². The van der Waals surface area contributed by atoms with E-state index >= 15 is 0 Å². The van der Waals surface area contributed by atoms with E-state index in [4.69, 9.17) is 11.6 Å². The van der Waals surface area contributed by atoms with Crippen molar-refractivity contribution in [2.45, 2.75) is 43.9 Å². The predicted octanol–water partition coefficient (Wildman–Crippen LogP) is 4.04. The molecule has 0 aromatic carbocycles. The molecule has 3 unspecified atom stereocenters. The molecule has 0 aliphatic heterocycles. The molecule has 0 spiro atoms. The Hall–Kier alpha value is -0.0800. The van der Waals surface area contributed by atoms with Crippen LogP contribution in [0.1, 0.15) is 44.2 Å². The monoisotopic (exact) mass is 229 g/mol. The largest absolute Gasteiger partial charge is 0.197 e. The molecule has 0 radical (unpaired) electrons. The van der Waals surface area contributed by atoms with Crippen LogP contribution in [0.2, 0.25) is 0 Å². The Bertz CT molecular complexity index is 273. The van der Waals surface area contributed by atoms with E-state index in [-0.39, 0.29) is 0 Å². The minimum Gasteiger partial charge on any atom is -0.197 e. The van der Waals surface area contributed by atoms with Crippen molar-refractivity contribution in [3.8, 4) is 0 Å². The summed E-state index contributed by atoms with van der Waals surface area (Å²) < 4.78 is 4.46. The molecular formula is C11H16ClNS. The average Bonchev–Trinajstić information content (AvgIpc) is 2.70. The zero-order chi connectivity index (χ0) is 9.97. The number of rotatable bonds is 2. The van der Waals surface area contributed by atoms with Gasteiger partial charge in [-0.25, -0.2) is 0 Å². The van der Waals surface area contributed by atoms with Crippen LogP contribution in [-0.2, 0) is 0 Å². The predicted molar refractivity (Wildman–Crippen MR) is 62.1 cm³/mol. The van der Waals surface area contributed by atoms with E-state index < -0.39 is 0 Å². The summed E-state index contributed by atoms with van der Waals surface area (Å²) in [6.07, 6.45) is 4.82. The summed E-state index contributed by atoms with van der Waals surface area (Å²) >= 11 is 7.78. The molecule has 1 aliphatic rings. The van der Waals surface area contributed by atoms with E-state index in [0.29, 0.717) is 11.3 Å². The maximum atomic E-state index is 6.23. The summed E-state index contributed by atoms with van der Waals surface area (Å²) in [6.45, 7) is 2.28. The third kappa shape index (κ3) is 2.12. The van der Waals surface area contributed by atoms with E-state index in [1.807, 2.05) is 0 Å². The Morgan fingerprint density at radius 3 is 3.07 bits per heavy atom. The van der Waals surface area contributed by atoms with Crippen molar-refractivity contribution in [1.29, 1.82) is 0 Å². The fourth-order valence-corrected chi connectivity index (χ4v) is 3.34. The van der Waals surface area contributed by atoms with Crippen molar-refractivity contribution < 1.29 is 0 Å². The second-order valence-electron chi connectivity index (χ2n) is 4.11. The zero-order valence-electron chi connectivity index (χ0n) is 8.45. The van der Waals surface area contributed by atoms with E-state index in [1.54, 1.807) is 11.5 Å². The Labute approximate surface area is 94.6 Å². The summed E-state index contributed by atoms with van der Waals surface area (Å²) in [4.78, 5) is 0. The van der Waals surface area contributed by atoms with Crippen LogP contribution in [0.15, 0.2) is 11.4 Å². The number of hydrogen-bond acceptors (Lipinski definition) is 2. The summed E-state index contributed by atoms with van der Waals surface area (Å²) in [7, 11) is 0. The Morgan fingerprint density at radius 1 is 1.57 bits per heavy atom. The van der Waals surface area contributed by atoms with Gasteiger partial charge in [0.2, 0.25) is 0 Å². The molecule has 3 heteroatoms. The molecule has 1 heterocycles. The lowest BCUT2D eigenvalue weighted by atomic mass is 9.76. The first-order valence-electron chi connectivity index (χ1n) is 5.35. The van der Waals surface area contributed by atoms with Crippen molar-refractivity contribution in [1.82, 2.24) is 4.37 Å². The van der Waals surface area contributed by atoms with Crippen LogP contribution >= 0.6 is 23.1 Å². The van der Waals surface area contributed by atoms with Crippen molar-refractivity contribution in [2.24, 2.45) is 5.92 Å². The van der Waals surface area contributed by atoms with E-state index in [0.717, 1.165) is 12.3 Å². The van der Waals surface area contributed by atoms with Crippen LogP contribution in [0.5, 0.6) is 0 Å². The molecule has 14 heavy (non-hydrogen) atoms. The minimum atomic E-state index is 0.365. The first-order chi connectivity index (χ1) is 6.81. The molecule has 1 saturated carbocycles. The highest BCUT2D eigenvalue weighted by atomic mass is 35.5. The van der Waals surface area contributed by atoms with Crippen molar-refractivity contribution >= 4 is 23.1 Å². The van der Waals surface area contributed by atoms with Gasteiger partial charge in [0.1, 0.15) is 0 Å². The molecule has 0 amide bonds. The van der Waals surface area contributed by atoms with Crippen LogP contribution in [0.25, 0.3) is 0 Å². The first-order valence-corrected chi connectivity index (χ1v) is 6.63. The summed E-state index contributed by atoms with van der Waals surface area (Å²) in [5, 5.41) is 2.43. The van der Waals surface area contributed by atoms with Gasteiger partial charge in [-0.15, -0.1) is 11.6 Å². The van der Waals surface area contributed by atoms with Crippen molar-refractivity contribution in [2.75, 3.05) is 0 Å². The molecular weight excluding hydrogens is 214 g/mol. The fourth-order valence-electron chi connectivity index (χ4n) is 2.45. The number of halogens is 1. The summed E-state index contributed by atoms with van der Waals surface area (Å²) in [6, 6.07) is 2.16. The highest BCUT2D eigenvalue weighted by molar-refractivity contribution is 7.03. The zero-order valence-corrected chi connectivity index (χ0v) is 10.0. The van der Waals surface area contributed by atoms with Crippen LogP contribution in [0.3, 0.4) is 0 Å². The smallest absolute Gasteiger partial charge is 0.0576 e. The highest BCUT2D eigenvalue weighted by Crippen LogP contribution is 2.40. The van der Waals surface area contributed by atoms with Crippen LogP contribution in [-0.4, -0.2) is 9.75 Å². The van der Waals surface area contributed by atoms with Gasteiger partial charge in [0.05, 0.1) is 5.69 Å². The van der Waals surface area contributed by atoms with Crippen molar-refractivity contribution in [3.05, 3.63) is 17.1 Å². The summed E-state index contributed by atoms with van der Waals surface area (Å²) in [5.74, 6) is 1.41. The molecule has 1 aliphatic carbocycles. The molecule has 1 aromatic heterocycles.